The van der Waals surface area contributed by atoms with Crippen LogP contribution in [0.25, 0.3) is 10.9 Å². The van der Waals surface area contributed by atoms with E-state index in [9.17, 15) is 0 Å². The summed E-state index contributed by atoms with van der Waals surface area (Å²) < 4.78 is 0. The van der Waals surface area contributed by atoms with Gasteiger partial charge in [-0.1, -0.05) is 32.8 Å². The van der Waals surface area contributed by atoms with Gasteiger partial charge in [-0.3, -0.25) is 4.98 Å². The van der Waals surface area contributed by atoms with Crippen molar-refractivity contribution in [3.63, 3.8) is 0 Å². The first-order chi connectivity index (χ1) is 8.76. The number of rotatable bonds is 5. The van der Waals surface area contributed by atoms with Gasteiger partial charge in [-0.2, -0.15) is 0 Å². The van der Waals surface area contributed by atoms with Gasteiger partial charge in [0.1, 0.15) is 0 Å². The Kier molecular flexibility index (Phi) is 4.19. The van der Waals surface area contributed by atoms with Crippen molar-refractivity contribution in [1.29, 1.82) is 0 Å². The highest BCUT2D eigenvalue weighted by atomic mass is 14.9. The fourth-order valence-corrected chi connectivity index (χ4v) is 2.30. The quantitative estimate of drug-likeness (QED) is 0.841. The first-order valence-corrected chi connectivity index (χ1v) is 6.84. The number of anilines is 1. The summed E-state index contributed by atoms with van der Waals surface area (Å²) in [4.78, 5) is 4.47. The molecular formula is C16H22N2. The smallest absolute Gasteiger partial charge is 0.0751 e. The molecule has 0 fully saturated rings. The number of hydrogen-bond donors (Lipinski definition) is 1. The summed E-state index contributed by atoms with van der Waals surface area (Å²) in [5.74, 6) is 0.748. The molecule has 0 saturated carbocycles. The fourth-order valence-electron chi connectivity index (χ4n) is 2.30. The summed E-state index contributed by atoms with van der Waals surface area (Å²) in [5, 5.41) is 4.80. The molecule has 0 bridgehead atoms. The molecule has 0 unspecified atom stereocenters. The van der Waals surface area contributed by atoms with Gasteiger partial charge in [0.25, 0.3) is 0 Å². The van der Waals surface area contributed by atoms with Crippen LogP contribution in [-0.2, 0) is 0 Å². The first-order valence-electron chi connectivity index (χ1n) is 6.84. The van der Waals surface area contributed by atoms with Gasteiger partial charge in [-0.25, -0.2) is 0 Å². The Hall–Kier alpha value is -1.57. The van der Waals surface area contributed by atoms with Gasteiger partial charge in [0, 0.05) is 23.8 Å². The van der Waals surface area contributed by atoms with E-state index in [4.69, 9.17) is 0 Å². The molecule has 18 heavy (non-hydrogen) atoms. The average Bonchev–Trinajstić information content (AvgIpc) is 2.42. The second-order valence-corrected chi connectivity index (χ2v) is 4.89. The minimum atomic E-state index is 0.748. The van der Waals surface area contributed by atoms with Crippen LogP contribution in [0.1, 0.15) is 32.3 Å². The lowest BCUT2D eigenvalue weighted by Gasteiger charge is -2.16. The zero-order valence-corrected chi connectivity index (χ0v) is 11.5. The Morgan fingerprint density at radius 3 is 2.67 bits per heavy atom. The molecule has 0 amide bonds. The molecular weight excluding hydrogens is 220 g/mol. The van der Waals surface area contributed by atoms with Crippen molar-refractivity contribution >= 4 is 16.6 Å². The molecule has 1 aromatic heterocycles. The van der Waals surface area contributed by atoms with E-state index in [2.05, 4.69) is 49.3 Å². The topological polar surface area (TPSA) is 24.9 Å². The third kappa shape index (κ3) is 2.63. The molecule has 0 aliphatic carbocycles. The molecule has 1 N–H and O–H groups in total. The van der Waals surface area contributed by atoms with Crippen molar-refractivity contribution in [2.24, 2.45) is 5.92 Å². The molecule has 2 rings (SSSR count). The van der Waals surface area contributed by atoms with E-state index in [0.717, 1.165) is 18.0 Å². The van der Waals surface area contributed by atoms with E-state index in [1.165, 1.54) is 29.5 Å². The number of fused-ring (bicyclic) bond motifs is 1. The van der Waals surface area contributed by atoms with Crippen LogP contribution in [0.15, 0.2) is 30.5 Å². The van der Waals surface area contributed by atoms with Crippen LogP contribution in [0, 0.1) is 12.8 Å². The van der Waals surface area contributed by atoms with Crippen LogP contribution in [0.3, 0.4) is 0 Å². The van der Waals surface area contributed by atoms with E-state index in [0.29, 0.717) is 0 Å². The zero-order valence-electron chi connectivity index (χ0n) is 11.5. The maximum atomic E-state index is 4.47. The maximum absolute atomic E-state index is 4.47. The Bertz CT molecular complexity index is 515. The number of aryl methyl sites for hydroxylation is 1. The number of aromatic nitrogens is 1. The summed E-state index contributed by atoms with van der Waals surface area (Å²) >= 11 is 0. The third-order valence-corrected chi connectivity index (χ3v) is 3.71. The van der Waals surface area contributed by atoms with Crippen LogP contribution in [0.5, 0.6) is 0 Å². The molecule has 0 spiro atoms. The minimum Gasteiger partial charge on any atom is -0.384 e. The summed E-state index contributed by atoms with van der Waals surface area (Å²) in [6.45, 7) is 7.66. The first kappa shape index (κ1) is 12.9. The third-order valence-electron chi connectivity index (χ3n) is 3.71. The minimum absolute atomic E-state index is 0.748. The van der Waals surface area contributed by atoms with E-state index in [-0.39, 0.29) is 0 Å². The van der Waals surface area contributed by atoms with Crippen molar-refractivity contribution in [3.8, 4) is 0 Å². The van der Waals surface area contributed by atoms with Gasteiger partial charge < -0.3 is 5.32 Å². The molecule has 96 valence electrons. The lowest BCUT2D eigenvalue weighted by atomic mass is 10.0. The van der Waals surface area contributed by atoms with E-state index < -0.39 is 0 Å². The van der Waals surface area contributed by atoms with Crippen molar-refractivity contribution in [1.82, 2.24) is 4.98 Å². The molecule has 0 aliphatic rings. The van der Waals surface area contributed by atoms with Crippen molar-refractivity contribution in [2.75, 3.05) is 11.9 Å². The zero-order chi connectivity index (χ0) is 13.0. The molecule has 2 aromatic rings. The molecule has 0 atom stereocenters. The average molecular weight is 242 g/mol. The largest absolute Gasteiger partial charge is 0.384 e. The van der Waals surface area contributed by atoms with Gasteiger partial charge in [0.05, 0.1) is 5.52 Å². The second kappa shape index (κ2) is 5.85. The predicted octanol–water partition coefficient (Wildman–Crippen LogP) is 4.39. The molecule has 1 heterocycles. The highest BCUT2D eigenvalue weighted by molar-refractivity contribution is 5.93. The van der Waals surface area contributed by atoms with Crippen molar-refractivity contribution in [3.05, 3.63) is 36.0 Å². The Balaban J connectivity index is 2.26. The van der Waals surface area contributed by atoms with Crippen LogP contribution in [-0.4, -0.2) is 11.5 Å². The Labute approximate surface area is 109 Å². The van der Waals surface area contributed by atoms with E-state index in [1.807, 2.05) is 12.3 Å². The molecule has 0 aliphatic heterocycles. The van der Waals surface area contributed by atoms with Crippen LogP contribution in [0.4, 0.5) is 5.69 Å². The Morgan fingerprint density at radius 1 is 1.17 bits per heavy atom. The van der Waals surface area contributed by atoms with Gasteiger partial charge >= 0.3 is 0 Å². The highest BCUT2D eigenvalue weighted by Gasteiger charge is 2.06. The van der Waals surface area contributed by atoms with Gasteiger partial charge in [-0.15, -0.1) is 0 Å². The Morgan fingerprint density at radius 2 is 1.94 bits per heavy atom. The van der Waals surface area contributed by atoms with Gasteiger partial charge in [0.15, 0.2) is 0 Å². The molecule has 0 saturated heterocycles. The molecule has 2 nitrogen and oxygen atoms in total. The number of hydrogen-bond acceptors (Lipinski definition) is 2. The lowest BCUT2D eigenvalue weighted by Crippen LogP contribution is -2.12. The SMILES string of the molecule is CCC(CC)CNc1ccc(C)c2ncccc12. The summed E-state index contributed by atoms with van der Waals surface area (Å²) in [6.07, 6.45) is 4.32. The fraction of sp³-hybridized carbons (Fsp3) is 0.438. The predicted molar refractivity (Wildman–Crippen MR) is 79.0 cm³/mol. The summed E-state index contributed by atoms with van der Waals surface area (Å²) in [5.41, 5.74) is 3.54. The lowest BCUT2D eigenvalue weighted by molar-refractivity contribution is 0.519. The van der Waals surface area contributed by atoms with Gasteiger partial charge in [-0.05, 0) is 36.6 Å². The molecule has 0 radical (unpaired) electrons. The standard InChI is InChI=1S/C16H22N2/c1-4-13(5-2)11-18-15-9-8-12(3)16-14(15)7-6-10-17-16/h6-10,13,18H,4-5,11H2,1-3H3. The van der Waals surface area contributed by atoms with Crippen LogP contribution < -0.4 is 5.32 Å². The van der Waals surface area contributed by atoms with Gasteiger partial charge in [0.2, 0.25) is 0 Å². The normalized spacial score (nSPS) is 11.1. The number of benzene rings is 1. The maximum Gasteiger partial charge on any atom is 0.0751 e. The highest BCUT2D eigenvalue weighted by Crippen LogP contribution is 2.25. The van der Waals surface area contributed by atoms with Crippen molar-refractivity contribution < 1.29 is 0 Å². The summed E-state index contributed by atoms with van der Waals surface area (Å²) in [6, 6.07) is 8.46. The number of nitrogens with one attached hydrogen (secondary N) is 1. The van der Waals surface area contributed by atoms with Crippen LogP contribution >= 0.6 is 0 Å². The van der Waals surface area contributed by atoms with E-state index >= 15 is 0 Å². The van der Waals surface area contributed by atoms with Crippen LogP contribution in [0.2, 0.25) is 0 Å². The summed E-state index contributed by atoms with van der Waals surface area (Å²) in [7, 11) is 0. The monoisotopic (exact) mass is 242 g/mol. The molecule has 2 heteroatoms. The van der Waals surface area contributed by atoms with Crippen molar-refractivity contribution in [2.45, 2.75) is 33.6 Å². The second-order valence-electron chi connectivity index (χ2n) is 4.89. The van der Waals surface area contributed by atoms with E-state index in [1.54, 1.807) is 0 Å². The number of nitrogens with zero attached hydrogens (tertiary/aromatic N) is 1. The molecule has 1 aromatic carbocycles. The number of pyridine rings is 1.